The van der Waals surface area contributed by atoms with Gasteiger partial charge >= 0.3 is 0 Å². The standard InChI is InChI=1S/C13H14ClN5OS/c14-10-8-11(17-13(15)16-10)18-3-5-19(6-4-18)12(20)9-2-1-7-21-9/h1-2,7-8H,3-6H2,(H2,15,16,17). The van der Waals surface area contributed by atoms with Crippen molar-refractivity contribution in [3.8, 4) is 0 Å². The van der Waals surface area contributed by atoms with Gasteiger partial charge in [0.2, 0.25) is 5.95 Å². The van der Waals surface area contributed by atoms with Crippen LogP contribution in [0.1, 0.15) is 9.67 Å². The van der Waals surface area contributed by atoms with Crippen LogP contribution in [0, 0.1) is 0 Å². The Balaban J connectivity index is 1.66. The number of rotatable bonds is 2. The van der Waals surface area contributed by atoms with E-state index in [9.17, 15) is 4.79 Å². The van der Waals surface area contributed by atoms with Crippen LogP contribution in [0.4, 0.5) is 11.8 Å². The highest BCUT2D eigenvalue weighted by Crippen LogP contribution is 2.20. The zero-order chi connectivity index (χ0) is 14.8. The smallest absolute Gasteiger partial charge is 0.264 e. The van der Waals surface area contributed by atoms with Crippen LogP contribution in [-0.2, 0) is 0 Å². The van der Waals surface area contributed by atoms with Gasteiger partial charge in [-0.2, -0.15) is 4.98 Å². The van der Waals surface area contributed by atoms with Gasteiger partial charge in [-0.15, -0.1) is 11.3 Å². The summed E-state index contributed by atoms with van der Waals surface area (Å²) in [5.74, 6) is 0.954. The maximum atomic E-state index is 12.3. The fraction of sp³-hybridized carbons (Fsp3) is 0.308. The van der Waals surface area contributed by atoms with Crippen molar-refractivity contribution >= 4 is 40.6 Å². The second kappa shape index (κ2) is 5.87. The normalized spacial score (nSPS) is 15.3. The van der Waals surface area contributed by atoms with Gasteiger partial charge < -0.3 is 15.5 Å². The molecule has 0 atom stereocenters. The summed E-state index contributed by atoms with van der Waals surface area (Å²) in [4.78, 5) is 25.0. The molecule has 0 saturated carbocycles. The molecule has 0 aliphatic carbocycles. The molecule has 21 heavy (non-hydrogen) atoms. The Morgan fingerprint density at radius 2 is 2.05 bits per heavy atom. The van der Waals surface area contributed by atoms with E-state index < -0.39 is 0 Å². The summed E-state index contributed by atoms with van der Waals surface area (Å²) in [5, 5.41) is 2.24. The molecule has 2 aromatic heterocycles. The average Bonchev–Trinajstić information content (AvgIpc) is 3.00. The van der Waals surface area contributed by atoms with Gasteiger partial charge in [0.1, 0.15) is 11.0 Å². The Morgan fingerprint density at radius 3 is 2.67 bits per heavy atom. The number of nitrogens with two attached hydrogens (primary N) is 1. The van der Waals surface area contributed by atoms with Crippen molar-refractivity contribution in [3.63, 3.8) is 0 Å². The number of aromatic nitrogens is 2. The number of anilines is 2. The zero-order valence-corrected chi connectivity index (χ0v) is 12.8. The van der Waals surface area contributed by atoms with Crippen molar-refractivity contribution in [2.45, 2.75) is 0 Å². The van der Waals surface area contributed by atoms with Crippen molar-refractivity contribution < 1.29 is 4.79 Å². The molecule has 110 valence electrons. The molecular formula is C13H14ClN5OS. The molecule has 0 unspecified atom stereocenters. The van der Waals surface area contributed by atoms with Crippen LogP contribution in [0.25, 0.3) is 0 Å². The molecule has 0 aromatic carbocycles. The number of nitrogens with zero attached hydrogens (tertiary/aromatic N) is 4. The summed E-state index contributed by atoms with van der Waals surface area (Å²) in [6.45, 7) is 2.70. The highest BCUT2D eigenvalue weighted by molar-refractivity contribution is 7.12. The summed E-state index contributed by atoms with van der Waals surface area (Å²) in [6.07, 6.45) is 0. The first-order valence-electron chi connectivity index (χ1n) is 6.51. The second-order valence-electron chi connectivity index (χ2n) is 4.66. The van der Waals surface area contributed by atoms with Crippen molar-refractivity contribution in [2.24, 2.45) is 0 Å². The molecular weight excluding hydrogens is 310 g/mol. The number of carbonyl (C=O) groups is 1. The largest absolute Gasteiger partial charge is 0.368 e. The fourth-order valence-corrected chi connectivity index (χ4v) is 3.15. The number of hydrogen-bond donors (Lipinski definition) is 1. The lowest BCUT2D eigenvalue weighted by molar-refractivity contribution is 0.0751. The maximum absolute atomic E-state index is 12.3. The number of piperazine rings is 1. The summed E-state index contributed by atoms with van der Waals surface area (Å²) in [5.41, 5.74) is 5.61. The summed E-state index contributed by atoms with van der Waals surface area (Å²) in [6, 6.07) is 5.43. The van der Waals surface area contributed by atoms with E-state index in [1.165, 1.54) is 11.3 Å². The lowest BCUT2D eigenvalue weighted by Gasteiger charge is -2.35. The Kier molecular flexibility index (Phi) is 3.94. The molecule has 1 aliphatic heterocycles. The minimum Gasteiger partial charge on any atom is -0.368 e. The average molecular weight is 324 g/mol. The predicted octanol–water partition coefficient (Wildman–Crippen LogP) is 1.74. The first kappa shape index (κ1) is 14.1. The van der Waals surface area contributed by atoms with E-state index in [4.69, 9.17) is 17.3 Å². The van der Waals surface area contributed by atoms with E-state index in [2.05, 4.69) is 14.9 Å². The lowest BCUT2D eigenvalue weighted by Crippen LogP contribution is -2.49. The van der Waals surface area contributed by atoms with Gasteiger partial charge in [-0.25, -0.2) is 4.98 Å². The molecule has 1 amide bonds. The highest BCUT2D eigenvalue weighted by atomic mass is 35.5. The monoisotopic (exact) mass is 323 g/mol. The third-order valence-electron chi connectivity index (χ3n) is 3.32. The lowest BCUT2D eigenvalue weighted by atomic mass is 10.3. The molecule has 1 fully saturated rings. The topological polar surface area (TPSA) is 75.3 Å². The van der Waals surface area contributed by atoms with Crippen molar-refractivity contribution in [3.05, 3.63) is 33.6 Å². The molecule has 2 N–H and O–H groups in total. The Morgan fingerprint density at radius 1 is 1.29 bits per heavy atom. The van der Waals surface area contributed by atoms with Crippen molar-refractivity contribution in [1.82, 2.24) is 14.9 Å². The minimum atomic E-state index is 0.0879. The zero-order valence-electron chi connectivity index (χ0n) is 11.2. The molecule has 0 bridgehead atoms. The number of nitrogen functional groups attached to an aromatic ring is 1. The number of hydrogen-bond acceptors (Lipinski definition) is 6. The van der Waals surface area contributed by atoms with Crippen LogP contribution in [0.5, 0.6) is 0 Å². The van der Waals surface area contributed by atoms with Crippen molar-refractivity contribution in [1.29, 1.82) is 0 Å². The molecule has 3 rings (SSSR count). The van der Waals surface area contributed by atoms with Gasteiger partial charge in [0.15, 0.2) is 0 Å². The quantitative estimate of drug-likeness (QED) is 0.852. The SMILES string of the molecule is Nc1nc(Cl)cc(N2CCN(C(=O)c3cccs3)CC2)n1. The Labute approximate surface area is 131 Å². The Bertz CT molecular complexity index is 620. The van der Waals surface area contributed by atoms with E-state index in [1.807, 2.05) is 22.4 Å². The third kappa shape index (κ3) is 3.08. The Hall–Kier alpha value is -1.86. The van der Waals surface area contributed by atoms with Crippen LogP contribution in [0.3, 0.4) is 0 Å². The molecule has 8 heteroatoms. The molecule has 1 saturated heterocycles. The fourth-order valence-electron chi connectivity index (χ4n) is 2.28. The van der Waals surface area contributed by atoms with E-state index in [1.54, 1.807) is 6.07 Å². The van der Waals surface area contributed by atoms with Crippen molar-refractivity contribution in [2.75, 3.05) is 36.8 Å². The van der Waals surface area contributed by atoms with E-state index in [0.29, 0.717) is 37.1 Å². The molecule has 6 nitrogen and oxygen atoms in total. The van der Waals surface area contributed by atoms with Crippen LogP contribution in [0.2, 0.25) is 5.15 Å². The number of halogens is 1. The first-order chi connectivity index (χ1) is 10.1. The van der Waals surface area contributed by atoms with E-state index >= 15 is 0 Å². The number of thiophene rings is 1. The number of amides is 1. The predicted molar refractivity (Wildman–Crippen MR) is 83.9 cm³/mol. The molecule has 0 spiro atoms. The van der Waals surface area contributed by atoms with Gasteiger partial charge in [0, 0.05) is 32.2 Å². The van der Waals surface area contributed by atoms with Crippen LogP contribution in [0.15, 0.2) is 23.6 Å². The summed E-state index contributed by atoms with van der Waals surface area (Å²) < 4.78 is 0. The summed E-state index contributed by atoms with van der Waals surface area (Å²) >= 11 is 7.36. The molecule has 1 aliphatic rings. The van der Waals surface area contributed by atoms with Gasteiger partial charge in [-0.1, -0.05) is 17.7 Å². The van der Waals surface area contributed by atoms with Gasteiger partial charge in [0.25, 0.3) is 5.91 Å². The van der Waals surface area contributed by atoms with E-state index in [-0.39, 0.29) is 11.9 Å². The second-order valence-corrected chi connectivity index (χ2v) is 6.00. The van der Waals surface area contributed by atoms with Crippen LogP contribution >= 0.6 is 22.9 Å². The molecule has 2 aromatic rings. The molecule has 3 heterocycles. The highest BCUT2D eigenvalue weighted by Gasteiger charge is 2.23. The van der Waals surface area contributed by atoms with Crippen LogP contribution < -0.4 is 10.6 Å². The van der Waals surface area contributed by atoms with Gasteiger partial charge in [0.05, 0.1) is 4.88 Å². The molecule has 0 radical (unpaired) electrons. The first-order valence-corrected chi connectivity index (χ1v) is 7.77. The van der Waals surface area contributed by atoms with Gasteiger partial charge in [-0.3, -0.25) is 4.79 Å². The van der Waals surface area contributed by atoms with Gasteiger partial charge in [-0.05, 0) is 11.4 Å². The number of carbonyl (C=O) groups excluding carboxylic acids is 1. The summed E-state index contributed by atoms with van der Waals surface area (Å²) in [7, 11) is 0. The maximum Gasteiger partial charge on any atom is 0.264 e. The van der Waals surface area contributed by atoms with Crippen LogP contribution in [-0.4, -0.2) is 47.0 Å². The third-order valence-corrected chi connectivity index (χ3v) is 4.37. The van der Waals surface area contributed by atoms with E-state index in [0.717, 1.165) is 4.88 Å². The minimum absolute atomic E-state index is 0.0879.